The van der Waals surface area contributed by atoms with E-state index < -0.39 is 18.5 Å². The van der Waals surface area contributed by atoms with Gasteiger partial charge in [0.2, 0.25) is 0 Å². The van der Waals surface area contributed by atoms with Crippen molar-refractivity contribution in [2.45, 2.75) is 0 Å². The second-order valence-corrected chi connectivity index (χ2v) is 3.34. The van der Waals surface area contributed by atoms with Crippen LogP contribution in [-0.2, 0) is 9.53 Å². The number of aromatic nitrogens is 4. The molecule has 0 radical (unpaired) electrons. The summed E-state index contributed by atoms with van der Waals surface area (Å²) in [6.07, 6.45) is 1.43. The number of esters is 1. The molecule has 92 valence electrons. The Labute approximate surface area is 101 Å². The molecule has 18 heavy (non-hydrogen) atoms. The smallest absolute Gasteiger partial charge is 0.338 e. The predicted molar refractivity (Wildman–Crippen MR) is 58.6 cm³/mol. The monoisotopic (exact) mass is 247 g/mol. The van der Waals surface area contributed by atoms with Crippen LogP contribution >= 0.6 is 0 Å². The molecule has 1 aromatic heterocycles. The molecule has 1 heterocycles. The zero-order valence-electron chi connectivity index (χ0n) is 9.18. The van der Waals surface area contributed by atoms with Crippen molar-refractivity contribution in [3.8, 4) is 5.69 Å². The highest BCUT2D eigenvalue weighted by atomic mass is 16.5. The normalized spacial score (nSPS) is 10.0. The van der Waals surface area contributed by atoms with Gasteiger partial charge in [0.05, 0.1) is 11.3 Å². The molecule has 2 aromatic rings. The number of amides is 1. The van der Waals surface area contributed by atoms with Gasteiger partial charge in [-0.1, -0.05) is 0 Å². The van der Waals surface area contributed by atoms with Crippen molar-refractivity contribution in [2.75, 3.05) is 6.61 Å². The van der Waals surface area contributed by atoms with E-state index in [1.165, 1.54) is 11.0 Å². The molecule has 0 atom stereocenters. The van der Waals surface area contributed by atoms with Crippen molar-refractivity contribution in [2.24, 2.45) is 5.73 Å². The number of hydrogen-bond acceptors (Lipinski definition) is 6. The Kier molecular flexibility index (Phi) is 3.28. The Bertz CT molecular complexity index is 549. The first-order chi connectivity index (χ1) is 8.66. The van der Waals surface area contributed by atoms with E-state index in [1.54, 1.807) is 24.3 Å². The molecule has 2 rings (SSSR count). The lowest BCUT2D eigenvalue weighted by Gasteiger charge is -2.03. The summed E-state index contributed by atoms with van der Waals surface area (Å²) in [6.45, 7) is -0.437. The number of ether oxygens (including phenoxy) is 1. The quantitative estimate of drug-likeness (QED) is 0.715. The number of rotatable bonds is 4. The van der Waals surface area contributed by atoms with Gasteiger partial charge in [0.25, 0.3) is 5.91 Å². The van der Waals surface area contributed by atoms with Crippen LogP contribution in [0.5, 0.6) is 0 Å². The summed E-state index contributed by atoms with van der Waals surface area (Å²) in [5, 5.41) is 10.7. The van der Waals surface area contributed by atoms with Crippen molar-refractivity contribution in [3.63, 3.8) is 0 Å². The fourth-order valence-corrected chi connectivity index (χ4v) is 1.25. The lowest BCUT2D eigenvalue weighted by atomic mass is 10.2. The highest BCUT2D eigenvalue weighted by molar-refractivity contribution is 5.91. The molecular formula is C10H9N5O3. The second-order valence-electron chi connectivity index (χ2n) is 3.34. The number of carbonyl (C=O) groups excluding carboxylic acids is 2. The number of primary amides is 1. The first-order valence-corrected chi connectivity index (χ1v) is 4.95. The fourth-order valence-electron chi connectivity index (χ4n) is 1.25. The molecule has 0 aliphatic rings. The molecule has 0 unspecified atom stereocenters. The summed E-state index contributed by atoms with van der Waals surface area (Å²) in [5.41, 5.74) is 5.88. The number of carbonyl (C=O) groups is 2. The van der Waals surface area contributed by atoms with Gasteiger partial charge < -0.3 is 10.5 Å². The summed E-state index contributed by atoms with van der Waals surface area (Å²) in [5.74, 6) is -1.31. The van der Waals surface area contributed by atoms with Gasteiger partial charge in [0.1, 0.15) is 6.33 Å². The van der Waals surface area contributed by atoms with Crippen molar-refractivity contribution in [3.05, 3.63) is 36.2 Å². The van der Waals surface area contributed by atoms with Gasteiger partial charge in [-0.05, 0) is 34.7 Å². The Balaban J connectivity index is 2.08. The van der Waals surface area contributed by atoms with E-state index in [4.69, 9.17) is 5.73 Å². The topological polar surface area (TPSA) is 113 Å². The summed E-state index contributed by atoms with van der Waals surface area (Å²) in [6, 6.07) is 6.38. The molecule has 0 spiro atoms. The fraction of sp³-hybridized carbons (Fsp3) is 0.100. The van der Waals surface area contributed by atoms with E-state index in [1.807, 2.05) is 0 Å². The van der Waals surface area contributed by atoms with Crippen LogP contribution in [0.3, 0.4) is 0 Å². The molecule has 0 saturated carbocycles. The van der Waals surface area contributed by atoms with Crippen LogP contribution in [0, 0.1) is 0 Å². The van der Waals surface area contributed by atoms with E-state index in [0.717, 1.165) is 0 Å². The maximum absolute atomic E-state index is 11.5. The maximum Gasteiger partial charge on any atom is 0.338 e. The molecule has 2 N–H and O–H groups in total. The van der Waals surface area contributed by atoms with Gasteiger partial charge in [-0.15, -0.1) is 5.10 Å². The third-order valence-corrected chi connectivity index (χ3v) is 2.06. The van der Waals surface area contributed by atoms with Crippen LogP contribution in [0.2, 0.25) is 0 Å². The van der Waals surface area contributed by atoms with Crippen LogP contribution in [0.25, 0.3) is 5.69 Å². The molecule has 1 aromatic carbocycles. The molecule has 0 fully saturated rings. The van der Waals surface area contributed by atoms with E-state index in [0.29, 0.717) is 11.3 Å². The predicted octanol–water partition coefficient (Wildman–Crippen LogP) is -0.696. The Morgan fingerprint density at radius 3 is 2.56 bits per heavy atom. The Morgan fingerprint density at radius 2 is 2.00 bits per heavy atom. The third kappa shape index (κ3) is 2.67. The number of tetrazole rings is 1. The van der Waals surface area contributed by atoms with E-state index in [2.05, 4.69) is 20.3 Å². The molecule has 0 bridgehead atoms. The highest BCUT2D eigenvalue weighted by Crippen LogP contribution is 2.08. The summed E-state index contributed by atoms with van der Waals surface area (Å²) in [7, 11) is 0. The summed E-state index contributed by atoms with van der Waals surface area (Å²) >= 11 is 0. The molecule has 0 saturated heterocycles. The van der Waals surface area contributed by atoms with Crippen molar-refractivity contribution < 1.29 is 14.3 Å². The zero-order chi connectivity index (χ0) is 13.0. The molecule has 8 heteroatoms. The Hall–Kier alpha value is -2.77. The van der Waals surface area contributed by atoms with Crippen LogP contribution in [-0.4, -0.2) is 38.7 Å². The van der Waals surface area contributed by atoms with Gasteiger partial charge in [-0.25, -0.2) is 9.48 Å². The SMILES string of the molecule is NC(=O)COC(=O)c1ccc(-n2cnnn2)cc1. The number of nitrogens with zero attached hydrogens (tertiary/aromatic N) is 4. The van der Waals surface area contributed by atoms with Crippen molar-refractivity contribution >= 4 is 11.9 Å². The number of benzene rings is 1. The largest absolute Gasteiger partial charge is 0.452 e. The van der Waals surface area contributed by atoms with Gasteiger partial charge in [0, 0.05) is 0 Å². The first-order valence-electron chi connectivity index (χ1n) is 4.95. The van der Waals surface area contributed by atoms with Crippen LogP contribution in [0.4, 0.5) is 0 Å². The molecule has 8 nitrogen and oxygen atoms in total. The molecular weight excluding hydrogens is 238 g/mol. The van der Waals surface area contributed by atoms with Crippen LogP contribution in [0.15, 0.2) is 30.6 Å². The van der Waals surface area contributed by atoms with E-state index in [9.17, 15) is 9.59 Å². The van der Waals surface area contributed by atoms with Gasteiger partial charge >= 0.3 is 5.97 Å². The minimum Gasteiger partial charge on any atom is -0.452 e. The third-order valence-electron chi connectivity index (χ3n) is 2.06. The van der Waals surface area contributed by atoms with E-state index >= 15 is 0 Å². The minimum absolute atomic E-state index is 0.313. The van der Waals surface area contributed by atoms with Gasteiger partial charge in [-0.3, -0.25) is 4.79 Å². The average molecular weight is 247 g/mol. The number of nitrogens with two attached hydrogens (primary N) is 1. The summed E-state index contributed by atoms with van der Waals surface area (Å²) in [4.78, 5) is 21.9. The second kappa shape index (κ2) is 5.04. The van der Waals surface area contributed by atoms with Crippen LogP contribution in [0.1, 0.15) is 10.4 Å². The van der Waals surface area contributed by atoms with Gasteiger partial charge in [0.15, 0.2) is 6.61 Å². The summed E-state index contributed by atoms with van der Waals surface area (Å²) < 4.78 is 6.10. The molecule has 0 aliphatic heterocycles. The molecule has 1 amide bonds. The van der Waals surface area contributed by atoms with Crippen molar-refractivity contribution in [1.29, 1.82) is 0 Å². The lowest BCUT2D eigenvalue weighted by Crippen LogP contribution is -2.20. The highest BCUT2D eigenvalue weighted by Gasteiger charge is 2.08. The van der Waals surface area contributed by atoms with Crippen LogP contribution < -0.4 is 5.73 Å². The average Bonchev–Trinajstić information content (AvgIpc) is 2.90. The van der Waals surface area contributed by atoms with E-state index in [-0.39, 0.29) is 0 Å². The maximum atomic E-state index is 11.5. The van der Waals surface area contributed by atoms with Crippen molar-refractivity contribution in [1.82, 2.24) is 20.2 Å². The Morgan fingerprint density at radius 1 is 1.28 bits per heavy atom. The zero-order valence-corrected chi connectivity index (χ0v) is 9.18. The molecule has 0 aliphatic carbocycles. The standard InChI is InChI=1S/C10H9N5O3/c11-9(16)5-18-10(17)7-1-3-8(4-2-7)15-6-12-13-14-15/h1-4,6H,5H2,(H2,11,16). The number of hydrogen-bond donors (Lipinski definition) is 1. The minimum atomic E-state index is -0.700. The first kappa shape index (κ1) is 11.7. The van der Waals surface area contributed by atoms with Gasteiger partial charge in [-0.2, -0.15) is 0 Å². The lowest BCUT2D eigenvalue weighted by molar-refractivity contribution is -0.121.